The molecule has 1 amide bonds. The van der Waals surface area contributed by atoms with Gasteiger partial charge >= 0.3 is 0 Å². The number of nitrogens with zero attached hydrogens (tertiary/aromatic N) is 3. The quantitative estimate of drug-likeness (QED) is 0.434. The Morgan fingerprint density at radius 1 is 1.21 bits per heavy atom. The minimum Gasteiger partial charge on any atom is -0.487 e. The van der Waals surface area contributed by atoms with E-state index in [2.05, 4.69) is 31.2 Å². The number of pyridine rings is 1. The maximum atomic E-state index is 13.8. The highest BCUT2D eigenvalue weighted by molar-refractivity contribution is 9.10. The van der Waals surface area contributed by atoms with E-state index in [0.29, 0.717) is 24.5 Å². The van der Waals surface area contributed by atoms with Crippen molar-refractivity contribution in [2.75, 3.05) is 20.3 Å². The number of aryl methyl sites for hydroxylation is 1. The van der Waals surface area contributed by atoms with Crippen LogP contribution in [0.1, 0.15) is 27.4 Å². The molecule has 1 aromatic carbocycles. The Balaban J connectivity index is 1.72. The number of hydrogen-bond donors (Lipinski definition) is 1. The Bertz CT molecular complexity index is 1200. The predicted octanol–water partition coefficient (Wildman–Crippen LogP) is 2.99. The number of carbonyl (C=O) groups excluding carboxylic acids is 1. The number of ether oxygens (including phenoxy) is 2. The normalized spacial score (nSPS) is 10.8. The molecular formula is C22H21BrF2N4O4. The van der Waals surface area contributed by atoms with Gasteiger partial charge in [-0.25, -0.2) is 13.8 Å². The summed E-state index contributed by atoms with van der Waals surface area (Å²) < 4.78 is 39.0. The topological polar surface area (TPSA) is 95.3 Å². The van der Waals surface area contributed by atoms with Crippen molar-refractivity contribution in [2.24, 2.45) is 0 Å². The molecule has 2 heterocycles. The van der Waals surface area contributed by atoms with Crippen LogP contribution < -0.4 is 15.6 Å². The van der Waals surface area contributed by atoms with Crippen molar-refractivity contribution in [3.63, 3.8) is 0 Å². The molecule has 0 atom stereocenters. The number of nitrogens with one attached hydrogen (secondary N) is 1. The fourth-order valence-electron chi connectivity index (χ4n) is 2.88. The molecule has 11 heteroatoms. The van der Waals surface area contributed by atoms with Crippen LogP contribution in [-0.2, 0) is 17.9 Å². The second kappa shape index (κ2) is 11.1. The second-order valence-electron chi connectivity index (χ2n) is 7.02. The number of rotatable bonds is 9. The van der Waals surface area contributed by atoms with Crippen LogP contribution >= 0.6 is 15.9 Å². The van der Waals surface area contributed by atoms with Crippen LogP contribution in [0.2, 0.25) is 0 Å². The number of carbonyl (C=O) groups is 1. The van der Waals surface area contributed by atoms with Crippen LogP contribution in [0, 0.1) is 18.6 Å². The van der Waals surface area contributed by atoms with Gasteiger partial charge in [0.2, 0.25) is 0 Å². The molecule has 2 aromatic heterocycles. The number of aromatic nitrogens is 3. The van der Waals surface area contributed by atoms with E-state index in [1.807, 2.05) is 0 Å². The first-order valence-corrected chi connectivity index (χ1v) is 10.6. The van der Waals surface area contributed by atoms with E-state index in [0.717, 1.165) is 12.1 Å². The lowest BCUT2D eigenvalue weighted by Crippen LogP contribution is -2.28. The first kappa shape index (κ1) is 24.5. The van der Waals surface area contributed by atoms with Gasteiger partial charge in [-0.1, -0.05) is 0 Å². The molecule has 0 aliphatic carbocycles. The highest BCUT2D eigenvalue weighted by Crippen LogP contribution is 2.24. The van der Waals surface area contributed by atoms with Gasteiger partial charge in [-0.3, -0.25) is 14.6 Å². The lowest BCUT2D eigenvalue weighted by molar-refractivity contribution is 0.0931. The Kier molecular flexibility index (Phi) is 8.23. The van der Waals surface area contributed by atoms with E-state index in [4.69, 9.17) is 9.47 Å². The van der Waals surface area contributed by atoms with Gasteiger partial charge in [0.15, 0.2) is 0 Å². The van der Waals surface area contributed by atoms with Crippen LogP contribution in [0.4, 0.5) is 8.78 Å². The zero-order valence-electron chi connectivity index (χ0n) is 17.9. The van der Waals surface area contributed by atoms with Gasteiger partial charge in [0.25, 0.3) is 11.5 Å². The van der Waals surface area contributed by atoms with Gasteiger partial charge in [0, 0.05) is 37.0 Å². The minimum atomic E-state index is -0.731. The zero-order chi connectivity index (χ0) is 24.0. The van der Waals surface area contributed by atoms with E-state index in [1.54, 1.807) is 13.0 Å². The molecule has 3 rings (SSSR count). The van der Waals surface area contributed by atoms with E-state index < -0.39 is 11.6 Å². The molecule has 174 valence electrons. The maximum absolute atomic E-state index is 13.8. The summed E-state index contributed by atoms with van der Waals surface area (Å²) >= 11 is 3.23. The number of methoxy groups -OCH3 is 1. The Hall–Kier alpha value is -3.18. The molecule has 0 saturated carbocycles. The van der Waals surface area contributed by atoms with Crippen molar-refractivity contribution in [3.8, 4) is 5.75 Å². The van der Waals surface area contributed by atoms with Gasteiger partial charge in [0.05, 0.1) is 31.2 Å². The van der Waals surface area contributed by atoms with Crippen LogP contribution in [0.3, 0.4) is 0 Å². The summed E-state index contributed by atoms with van der Waals surface area (Å²) in [6.45, 7) is 2.39. The highest BCUT2D eigenvalue weighted by Gasteiger charge is 2.15. The molecule has 0 aliphatic heterocycles. The van der Waals surface area contributed by atoms with E-state index >= 15 is 0 Å². The molecule has 0 unspecified atom stereocenters. The number of amides is 1. The predicted molar refractivity (Wildman–Crippen MR) is 119 cm³/mol. The molecule has 0 spiro atoms. The zero-order valence-corrected chi connectivity index (χ0v) is 19.5. The van der Waals surface area contributed by atoms with Gasteiger partial charge in [-0.15, -0.1) is 0 Å². The molecule has 0 bridgehead atoms. The van der Waals surface area contributed by atoms with E-state index in [9.17, 15) is 18.4 Å². The first-order chi connectivity index (χ1) is 15.8. The maximum Gasteiger partial charge on any atom is 0.271 e. The Morgan fingerprint density at radius 2 is 2.00 bits per heavy atom. The van der Waals surface area contributed by atoms with Crippen LogP contribution in [0.25, 0.3) is 0 Å². The summed E-state index contributed by atoms with van der Waals surface area (Å²) in [7, 11) is 1.53. The van der Waals surface area contributed by atoms with Crippen molar-refractivity contribution < 1.29 is 23.0 Å². The summed E-state index contributed by atoms with van der Waals surface area (Å²) in [5.74, 6) is -1.56. The number of benzene rings is 1. The van der Waals surface area contributed by atoms with Crippen molar-refractivity contribution in [1.82, 2.24) is 19.9 Å². The SMILES string of the molecule is COCCNC(=O)c1cnc(Cn2c(C)cc(OCc3ccc(F)cc3F)c(Br)c2=O)cn1. The lowest BCUT2D eigenvalue weighted by atomic mass is 10.2. The summed E-state index contributed by atoms with van der Waals surface area (Å²) in [5, 5.41) is 2.65. The molecule has 0 fully saturated rings. The monoisotopic (exact) mass is 522 g/mol. The summed E-state index contributed by atoms with van der Waals surface area (Å²) in [6.07, 6.45) is 2.76. The van der Waals surface area contributed by atoms with Gasteiger partial charge in [-0.05, 0) is 35.0 Å². The molecule has 0 radical (unpaired) electrons. The van der Waals surface area contributed by atoms with Crippen molar-refractivity contribution in [1.29, 1.82) is 0 Å². The smallest absolute Gasteiger partial charge is 0.271 e. The molecule has 0 saturated heterocycles. The number of halogens is 3. The second-order valence-corrected chi connectivity index (χ2v) is 7.81. The minimum absolute atomic E-state index is 0.120. The first-order valence-electron chi connectivity index (χ1n) is 9.85. The van der Waals surface area contributed by atoms with Gasteiger partial charge < -0.3 is 19.4 Å². The Morgan fingerprint density at radius 3 is 2.67 bits per heavy atom. The third kappa shape index (κ3) is 6.20. The van der Waals surface area contributed by atoms with Crippen molar-refractivity contribution >= 4 is 21.8 Å². The summed E-state index contributed by atoms with van der Waals surface area (Å²) in [4.78, 5) is 33.2. The largest absolute Gasteiger partial charge is 0.487 e. The average Bonchev–Trinajstić information content (AvgIpc) is 2.79. The third-order valence-corrected chi connectivity index (χ3v) is 5.39. The van der Waals surface area contributed by atoms with Crippen molar-refractivity contribution in [2.45, 2.75) is 20.1 Å². The highest BCUT2D eigenvalue weighted by atomic mass is 79.9. The standard InChI is InChI=1S/C22H21BrF2N4O4/c1-13-7-19(33-12-14-3-4-15(24)8-17(14)25)20(23)22(31)29(13)11-16-9-28-18(10-27-16)21(30)26-5-6-32-2/h3-4,7-10H,5-6,11-12H2,1-2H3,(H,26,30). The van der Waals surface area contributed by atoms with E-state index in [1.165, 1.54) is 30.1 Å². The van der Waals surface area contributed by atoms with Crippen LogP contribution in [0.15, 0.2) is 45.9 Å². The van der Waals surface area contributed by atoms with E-state index in [-0.39, 0.29) is 46.1 Å². The summed E-state index contributed by atoms with van der Waals surface area (Å²) in [5.41, 5.74) is 0.972. The lowest BCUT2D eigenvalue weighted by Gasteiger charge is -2.14. The summed E-state index contributed by atoms with van der Waals surface area (Å²) in [6, 6.07) is 4.81. The Labute approximate surface area is 196 Å². The van der Waals surface area contributed by atoms with Crippen LogP contribution in [-0.4, -0.2) is 40.7 Å². The molecule has 1 N–H and O–H groups in total. The third-order valence-electron chi connectivity index (χ3n) is 4.66. The molecular weight excluding hydrogens is 502 g/mol. The molecule has 0 aliphatic rings. The van der Waals surface area contributed by atoms with Gasteiger partial charge in [0.1, 0.15) is 34.2 Å². The fraction of sp³-hybridized carbons (Fsp3) is 0.273. The average molecular weight is 523 g/mol. The molecule has 33 heavy (non-hydrogen) atoms. The fourth-order valence-corrected chi connectivity index (χ4v) is 3.33. The van der Waals surface area contributed by atoms with Gasteiger partial charge in [-0.2, -0.15) is 0 Å². The van der Waals surface area contributed by atoms with Crippen LogP contribution in [0.5, 0.6) is 5.75 Å². The molecule has 8 nitrogen and oxygen atoms in total. The van der Waals surface area contributed by atoms with Crippen molar-refractivity contribution in [3.05, 3.63) is 85.8 Å². The molecule has 3 aromatic rings. The number of hydrogen-bond acceptors (Lipinski definition) is 6.